The van der Waals surface area contributed by atoms with Crippen LogP contribution in [0.1, 0.15) is 27.0 Å². The van der Waals surface area contributed by atoms with Gasteiger partial charge >= 0.3 is 11.9 Å². The summed E-state index contributed by atoms with van der Waals surface area (Å²) >= 11 is 0. The number of esters is 2. The molecule has 3 aromatic rings. The van der Waals surface area contributed by atoms with Crippen molar-refractivity contribution in [2.24, 2.45) is 0 Å². The molecular weight excluding hydrogens is 464 g/mol. The van der Waals surface area contributed by atoms with E-state index in [2.05, 4.69) is 4.74 Å². The van der Waals surface area contributed by atoms with Crippen LogP contribution in [0.25, 0.3) is 6.08 Å². The first-order valence-corrected chi connectivity index (χ1v) is 11.3. The van der Waals surface area contributed by atoms with Crippen LogP contribution in [-0.4, -0.2) is 39.4 Å². The fraction of sp³-hybridized carbons (Fsp3) is 0.214. The minimum atomic E-state index is -0.416. The van der Waals surface area contributed by atoms with Crippen LogP contribution < -0.4 is 18.9 Å². The monoisotopic (exact) mass is 490 g/mol. The number of methoxy groups -OCH3 is 2. The third-order valence-corrected chi connectivity index (χ3v) is 5.38. The summed E-state index contributed by atoms with van der Waals surface area (Å²) in [5.74, 6) is 1.71. The van der Waals surface area contributed by atoms with Crippen molar-refractivity contribution in [3.8, 4) is 23.0 Å². The summed E-state index contributed by atoms with van der Waals surface area (Å²) in [6.07, 6.45) is 3.03. The third kappa shape index (κ3) is 6.35. The Morgan fingerprint density at radius 3 is 2.19 bits per heavy atom. The molecule has 0 atom stereocenters. The molecule has 1 aliphatic rings. The third-order valence-electron chi connectivity index (χ3n) is 5.38. The summed E-state index contributed by atoms with van der Waals surface area (Å²) in [4.78, 5) is 22.9. The van der Waals surface area contributed by atoms with E-state index in [0.717, 1.165) is 16.7 Å². The van der Waals surface area contributed by atoms with Crippen molar-refractivity contribution in [3.63, 3.8) is 0 Å². The normalized spacial score (nSPS) is 12.2. The fourth-order valence-corrected chi connectivity index (χ4v) is 3.44. The van der Waals surface area contributed by atoms with Gasteiger partial charge in [0.1, 0.15) is 37.9 Å². The predicted octanol–water partition coefficient (Wildman–Crippen LogP) is 4.59. The van der Waals surface area contributed by atoms with Crippen LogP contribution in [0.4, 0.5) is 0 Å². The number of fused-ring (bicyclic) bond motifs is 1. The number of hydrogen-bond acceptors (Lipinski definition) is 8. The van der Waals surface area contributed by atoms with Gasteiger partial charge in [0, 0.05) is 17.7 Å². The molecule has 3 aromatic carbocycles. The van der Waals surface area contributed by atoms with Gasteiger partial charge in [0.05, 0.1) is 19.8 Å². The Morgan fingerprint density at radius 1 is 0.833 bits per heavy atom. The zero-order valence-electron chi connectivity index (χ0n) is 20.0. The average molecular weight is 491 g/mol. The fourth-order valence-electron chi connectivity index (χ4n) is 3.44. The number of rotatable bonds is 9. The smallest absolute Gasteiger partial charge is 0.337 e. The summed E-state index contributed by atoms with van der Waals surface area (Å²) in [5, 5.41) is 0. The van der Waals surface area contributed by atoms with Gasteiger partial charge in [-0.05, 0) is 47.5 Å². The Hall–Kier alpha value is -4.46. The van der Waals surface area contributed by atoms with E-state index in [0.29, 0.717) is 41.8 Å². The molecule has 1 heterocycles. The largest absolute Gasteiger partial charge is 0.489 e. The molecule has 36 heavy (non-hydrogen) atoms. The lowest BCUT2D eigenvalue weighted by Gasteiger charge is -2.21. The van der Waals surface area contributed by atoms with Crippen LogP contribution in [0.3, 0.4) is 0 Å². The maximum Gasteiger partial charge on any atom is 0.337 e. The molecule has 0 saturated carbocycles. The molecule has 0 radical (unpaired) electrons. The second-order valence-corrected chi connectivity index (χ2v) is 7.79. The topological polar surface area (TPSA) is 89.5 Å². The lowest BCUT2D eigenvalue weighted by atomic mass is 10.1. The summed E-state index contributed by atoms with van der Waals surface area (Å²) in [5.41, 5.74) is 3.00. The summed E-state index contributed by atoms with van der Waals surface area (Å²) in [6.45, 7) is 1.47. The average Bonchev–Trinajstić information content (AvgIpc) is 2.93. The van der Waals surface area contributed by atoms with Gasteiger partial charge in [-0.1, -0.05) is 24.3 Å². The molecule has 186 valence electrons. The van der Waals surface area contributed by atoms with E-state index in [1.54, 1.807) is 24.3 Å². The van der Waals surface area contributed by atoms with Gasteiger partial charge < -0.3 is 28.4 Å². The molecule has 0 fully saturated rings. The Bertz CT molecular complexity index is 1230. The molecular formula is C28H26O8. The quantitative estimate of drug-likeness (QED) is 0.318. The highest BCUT2D eigenvalue weighted by atomic mass is 16.6. The van der Waals surface area contributed by atoms with Crippen molar-refractivity contribution in [2.45, 2.75) is 13.2 Å². The van der Waals surface area contributed by atoms with E-state index in [9.17, 15) is 9.59 Å². The van der Waals surface area contributed by atoms with Gasteiger partial charge in [-0.2, -0.15) is 0 Å². The number of carbonyl (C=O) groups is 2. The zero-order chi connectivity index (χ0) is 25.3. The minimum Gasteiger partial charge on any atom is -0.489 e. The van der Waals surface area contributed by atoms with Gasteiger partial charge in [-0.3, -0.25) is 0 Å². The number of benzene rings is 3. The van der Waals surface area contributed by atoms with E-state index in [-0.39, 0.29) is 19.2 Å². The van der Waals surface area contributed by atoms with E-state index in [1.165, 1.54) is 20.3 Å². The van der Waals surface area contributed by atoms with E-state index in [1.807, 2.05) is 42.5 Å². The summed E-state index contributed by atoms with van der Waals surface area (Å²) in [6, 6.07) is 18.0. The van der Waals surface area contributed by atoms with Crippen molar-refractivity contribution in [2.75, 3.05) is 27.4 Å². The summed E-state index contributed by atoms with van der Waals surface area (Å²) in [7, 11) is 2.68. The van der Waals surface area contributed by atoms with Crippen LogP contribution in [0.15, 0.2) is 66.7 Å². The maximum absolute atomic E-state index is 11.6. The molecule has 0 aliphatic carbocycles. The molecule has 4 rings (SSSR count). The molecule has 0 aromatic heterocycles. The first kappa shape index (κ1) is 24.7. The van der Waals surface area contributed by atoms with E-state index >= 15 is 0 Å². The molecule has 8 heteroatoms. The lowest BCUT2D eigenvalue weighted by Crippen LogP contribution is -2.16. The van der Waals surface area contributed by atoms with Gasteiger partial charge in [0.25, 0.3) is 0 Å². The van der Waals surface area contributed by atoms with Crippen molar-refractivity contribution in [3.05, 3.63) is 89.0 Å². The van der Waals surface area contributed by atoms with Gasteiger partial charge in [-0.25, -0.2) is 9.59 Å². The van der Waals surface area contributed by atoms with Crippen LogP contribution in [0, 0.1) is 0 Å². The Morgan fingerprint density at radius 2 is 1.53 bits per heavy atom. The van der Waals surface area contributed by atoms with Crippen LogP contribution >= 0.6 is 0 Å². The second-order valence-electron chi connectivity index (χ2n) is 7.79. The molecule has 8 nitrogen and oxygen atoms in total. The number of ether oxygens (including phenoxy) is 6. The number of hydrogen-bond donors (Lipinski definition) is 0. The van der Waals surface area contributed by atoms with E-state index < -0.39 is 5.97 Å². The highest BCUT2D eigenvalue weighted by Gasteiger charge is 2.17. The Balaban J connectivity index is 1.46. The molecule has 0 spiro atoms. The van der Waals surface area contributed by atoms with E-state index in [4.69, 9.17) is 23.7 Å². The Labute approximate surface area is 209 Å². The zero-order valence-corrected chi connectivity index (χ0v) is 20.0. The predicted molar refractivity (Wildman–Crippen MR) is 131 cm³/mol. The van der Waals surface area contributed by atoms with Crippen molar-refractivity contribution >= 4 is 18.0 Å². The standard InChI is InChI=1S/C28H26O8/c1-31-27(29)12-7-19-5-10-23(11-6-19)35-18-22-15-25-26(34-14-13-33-25)16-24(22)36-17-20-3-8-21(9-4-20)28(30)32-2/h3-12,15-16H,13-14,17-18H2,1-2H3/b12-7+. The van der Waals surface area contributed by atoms with Crippen LogP contribution in [0.5, 0.6) is 23.0 Å². The van der Waals surface area contributed by atoms with Gasteiger partial charge in [-0.15, -0.1) is 0 Å². The first-order valence-electron chi connectivity index (χ1n) is 11.3. The van der Waals surface area contributed by atoms with Crippen molar-refractivity contribution in [1.29, 1.82) is 0 Å². The van der Waals surface area contributed by atoms with Gasteiger partial charge in [0.2, 0.25) is 0 Å². The van der Waals surface area contributed by atoms with Crippen LogP contribution in [-0.2, 0) is 27.5 Å². The molecule has 0 amide bonds. The maximum atomic E-state index is 11.6. The SMILES string of the molecule is COC(=O)/C=C/c1ccc(OCc2cc3c(cc2OCc2ccc(C(=O)OC)cc2)OCCO3)cc1. The Kier molecular flexibility index (Phi) is 8.08. The van der Waals surface area contributed by atoms with Gasteiger partial charge in [0.15, 0.2) is 11.5 Å². The first-order chi connectivity index (χ1) is 17.6. The highest BCUT2D eigenvalue weighted by Crippen LogP contribution is 2.37. The van der Waals surface area contributed by atoms with Crippen LogP contribution in [0.2, 0.25) is 0 Å². The number of carbonyl (C=O) groups excluding carboxylic acids is 2. The molecule has 0 bridgehead atoms. The summed E-state index contributed by atoms with van der Waals surface area (Å²) < 4.78 is 32.9. The minimum absolute atomic E-state index is 0.241. The van der Waals surface area contributed by atoms with Crippen molar-refractivity contribution < 1.29 is 38.0 Å². The molecule has 0 N–H and O–H groups in total. The second kappa shape index (κ2) is 11.8. The molecule has 0 unspecified atom stereocenters. The lowest BCUT2D eigenvalue weighted by molar-refractivity contribution is -0.134. The molecule has 0 saturated heterocycles. The highest BCUT2D eigenvalue weighted by molar-refractivity contribution is 5.89. The molecule has 1 aliphatic heterocycles. The van der Waals surface area contributed by atoms with Crippen molar-refractivity contribution in [1.82, 2.24) is 0 Å².